The molecule has 2 N–H and O–H groups in total. The highest BCUT2D eigenvalue weighted by Crippen LogP contribution is 2.45. The lowest BCUT2D eigenvalue weighted by molar-refractivity contribution is -0.139. The molecule has 5 atom stereocenters. The van der Waals surface area contributed by atoms with E-state index in [1.807, 2.05) is 4.90 Å². The zero-order chi connectivity index (χ0) is 55.8. The Balaban J connectivity index is 0.621. The molecule has 6 amide bonds. The number of hydrogen-bond donors (Lipinski definition) is 2. The first-order chi connectivity index (χ1) is 39.2. The molecule has 0 spiro atoms. The molecule has 0 radical (unpaired) electrons. The van der Waals surface area contributed by atoms with Crippen molar-refractivity contribution in [3.05, 3.63) is 95.2 Å². The van der Waals surface area contributed by atoms with Crippen LogP contribution in [0, 0.1) is 29.9 Å². The number of benzene rings is 3. The molecule has 2 aromatic heterocycles. The van der Waals surface area contributed by atoms with Crippen molar-refractivity contribution < 1.29 is 51.8 Å². The highest BCUT2D eigenvalue weighted by molar-refractivity contribution is 6.23. The SMILES string of the molecule is C#Cc1c(F)ccc2cccc(-c3ncc4c(N5C[C@H]6CC[C@@H](C5)N6)nc(OC[C@@]56CC[C@@H](COC(=O)N7CCC(C(=O)N8CCC(Oc9ccc%10c(c9)C(=O)N(C9CCC(=O)NC9=O)C%10=O)CC8)CC7)N5CC(=C)C6)nc4c3F)c12. The summed E-state index contributed by atoms with van der Waals surface area (Å²) in [6, 6.07) is 12.2. The lowest BCUT2D eigenvalue weighted by atomic mass is 9.94. The van der Waals surface area contributed by atoms with Gasteiger partial charge in [-0.25, -0.2) is 13.6 Å². The van der Waals surface area contributed by atoms with Crippen molar-refractivity contribution in [3.63, 3.8) is 0 Å². The van der Waals surface area contributed by atoms with Gasteiger partial charge in [0.2, 0.25) is 17.7 Å². The van der Waals surface area contributed by atoms with Gasteiger partial charge in [-0.15, -0.1) is 6.42 Å². The summed E-state index contributed by atoms with van der Waals surface area (Å²) >= 11 is 0. The van der Waals surface area contributed by atoms with Gasteiger partial charge in [0.1, 0.15) is 54.0 Å². The number of rotatable bonds is 11. The summed E-state index contributed by atoms with van der Waals surface area (Å²) in [7, 11) is 0. The number of ether oxygens (including phenoxy) is 3. The monoisotopic (exact) mass is 1100 g/mol. The number of nitrogens with zero attached hydrogens (tertiary/aromatic N) is 8. The highest BCUT2D eigenvalue weighted by Gasteiger charge is 2.52. The number of aromatic nitrogens is 3. The van der Waals surface area contributed by atoms with E-state index in [1.165, 1.54) is 18.2 Å². The second-order valence-electron chi connectivity index (χ2n) is 22.9. The number of pyridine rings is 1. The lowest BCUT2D eigenvalue weighted by Gasteiger charge is -2.37. The smallest absolute Gasteiger partial charge is 0.409 e. The zero-order valence-corrected chi connectivity index (χ0v) is 44.6. The molecule has 21 heteroatoms. The maximum atomic E-state index is 17.3. The van der Waals surface area contributed by atoms with E-state index in [9.17, 15) is 28.8 Å². The maximum Gasteiger partial charge on any atom is 0.409 e. The first-order valence-electron chi connectivity index (χ1n) is 28.1. The number of anilines is 1. The molecule has 81 heavy (non-hydrogen) atoms. The standard InChI is InChI=1S/C60H60F2N10O9/c1-3-41-46(61)12-7-34-5-4-6-43(49(34)41)51-50(62)52-45(27-63-51)53(70-29-36-8-9-37(30-70)64-36)67-58(66-52)80-32-60-20-15-38(71(60)28-33(2)26-60)31-79-59(78)69-21-16-35(17-22-69)55(75)68-23-18-39(19-24-68)81-40-10-11-42-44(25-40)57(77)72(56(42)76)47-13-14-48(73)65-54(47)74/h1,4-7,10-12,25,27,35-39,47,64H,2,8-9,13-24,26,28-32H2,(H,65,73,74)/t36-,37+,38-,47?,60-/m0/s1. The molecule has 19 nitrogen and oxygen atoms in total. The lowest BCUT2D eigenvalue weighted by Crippen LogP contribution is -2.54. The number of terminal acetylenes is 1. The fraction of sp³-hybridized carbons (Fsp3) is 0.450. The number of fused-ring (bicyclic) bond motifs is 6. The first kappa shape index (κ1) is 52.3. The molecule has 3 aromatic carbocycles. The van der Waals surface area contributed by atoms with Crippen molar-refractivity contribution in [2.75, 3.05) is 63.9 Å². The van der Waals surface area contributed by atoms with Gasteiger partial charge in [-0.3, -0.25) is 44.1 Å². The predicted octanol–water partition coefficient (Wildman–Crippen LogP) is 5.91. The molecule has 7 fully saturated rings. The third-order valence-corrected chi connectivity index (χ3v) is 18.0. The maximum absolute atomic E-state index is 17.3. The summed E-state index contributed by atoms with van der Waals surface area (Å²) in [5.74, 6) is -0.410. The van der Waals surface area contributed by atoms with E-state index >= 15 is 8.78 Å². The van der Waals surface area contributed by atoms with Crippen LogP contribution in [0.5, 0.6) is 11.8 Å². The largest absolute Gasteiger partial charge is 0.490 e. The molecule has 10 heterocycles. The van der Waals surface area contributed by atoms with Gasteiger partial charge < -0.3 is 34.2 Å². The van der Waals surface area contributed by atoms with Crippen molar-refractivity contribution in [3.8, 4) is 35.4 Å². The van der Waals surface area contributed by atoms with E-state index in [-0.39, 0.29) is 96.0 Å². The minimum atomic E-state index is -1.06. The summed E-state index contributed by atoms with van der Waals surface area (Å²) < 4.78 is 51.2. The van der Waals surface area contributed by atoms with E-state index in [0.717, 1.165) is 36.2 Å². The number of imide groups is 2. The van der Waals surface area contributed by atoms with Crippen LogP contribution in [0.3, 0.4) is 0 Å². The third kappa shape index (κ3) is 9.44. The fourth-order valence-corrected chi connectivity index (χ4v) is 13.9. The van der Waals surface area contributed by atoms with Gasteiger partial charge in [-0.05, 0) is 81.0 Å². The molecule has 0 saturated carbocycles. The average Bonchev–Trinajstić information content (AvgIpc) is 4.42. The molecular weight excluding hydrogens is 1040 g/mol. The second kappa shape index (κ2) is 20.8. The van der Waals surface area contributed by atoms with Gasteiger partial charge in [0.25, 0.3) is 11.8 Å². The van der Waals surface area contributed by atoms with Crippen LogP contribution in [0.25, 0.3) is 32.9 Å². The fourth-order valence-electron chi connectivity index (χ4n) is 13.9. The molecular formula is C60H60F2N10O9. The number of nitrogens with one attached hydrogen (secondary N) is 2. The topological polar surface area (TPSA) is 209 Å². The number of piperazine rings is 1. The van der Waals surface area contributed by atoms with E-state index in [1.54, 1.807) is 41.4 Å². The van der Waals surface area contributed by atoms with Gasteiger partial charge in [0, 0.05) is 106 Å². The quantitative estimate of drug-likeness (QED) is 0.0896. The number of hydrogen-bond acceptors (Lipinski definition) is 15. The molecule has 8 aliphatic rings. The summed E-state index contributed by atoms with van der Waals surface area (Å²) in [5.41, 5.74) is 1.22. The van der Waals surface area contributed by atoms with E-state index in [2.05, 4.69) is 37.9 Å². The Hall–Kier alpha value is -8.09. The van der Waals surface area contributed by atoms with Crippen LogP contribution in [0.2, 0.25) is 0 Å². The minimum absolute atomic E-state index is 0.0181. The first-order valence-corrected chi connectivity index (χ1v) is 28.1. The Labute approximate surface area is 465 Å². The number of amides is 6. The van der Waals surface area contributed by atoms with Gasteiger partial charge in [-0.1, -0.05) is 42.3 Å². The average molecular weight is 1100 g/mol. The molecule has 2 bridgehead atoms. The van der Waals surface area contributed by atoms with Gasteiger partial charge in [-0.2, -0.15) is 9.97 Å². The Morgan fingerprint density at radius 1 is 0.864 bits per heavy atom. The Kier molecular flexibility index (Phi) is 13.4. The van der Waals surface area contributed by atoms with Crippen LogP contribution in [0.4, 0.5) is 19.4 Å². The molecule has 7 saturated heterocycles. The van der Waals surface area contributed by atoms with Crippen LogP contribution in [0.15, 0.2) is 66.9 Å². The number of carbonyl (C=O) groups is 6. The van der Waals surface area contributed by atoms with Gasteiger partial charge >= 0.3 is 12.1 Å². The van der Waals surface area contributed by atoms with Crippen LogP contribution in [-0.2, 0) is 19.1 Å². The normalized spacial score (nSPS) is 25.2. The van der Waals surface area contributed by atoms with Crippen molar-refractivity contribution in [1.82, 2.24) is 45.2 Å². The second-order valence-corrected chi connectivity index (χ2v) is 22.9. The van der Waals surface area contributed by atoms with E-state index in [0.29, 0.717) is 111 Å². The van der Waals surface area contributed by atoms with Crippen molar-refractivity contribution in [2.24, 2.45) is 5.92 Å². The van der Waals surface area contributed by atoms with E-state index in [4.69, 9.17) is 30.6 Å². The summed E-state index contributed by atoms with van der Waals surface area (Å²) in [4.78, 5) is 101. The molecule has 1 unspecified atom stereocenters. The number of likely N-dealkylation sites (tertiary alicyclic amines) is 2. The molecule has 13 rings (SSSR count). The van der Waals surface area contributed by atoms with Crippen molar-refractivity contribution >= 4 is 63.1 Å². The van der Waals surface area contributed by atoms with Crippen molar-refractivity contribution in [1.29, 1.82) is 0 Å². The number of halogens is 2. The number of carbonyl (C=O) groups excluding carboxylic acids is 6. The summed E-state index contributed by atoms with van der Waals surface area (Å²) in [6.45, 7) is 8.33. The summed E-state index contributed by atoms with van der Waals surface area (Å²) in [6.07, 6.45) is 13.1. The van der Waals surface area contributed by atoms with Gasteiger partial charge in [0.15, 0.2) is 5.82 Å². The molecule has 418 valence electrons. The third-order valence-electron chi connectivity index (χ3n) is 18.0. The molecule has 5 aromatic rings. The minimum Gasteiger partial charge on any atom is -0.490 e. The van der Waals surface area contributed by atoms with E-state index < -0.39 is 52.9 Å². The van der Waals surface area contributed by atoms with Crippen LogP contribution in [-0.4, -0.2) is 165 Å². The zero-order valence-electron chi connectivity index (χ0n) is 44.6. The van der Waals surface area contributed by atoms with Crippen molar-refractivity contribution in [2.45, 2.75) is 106 Å². The molecule has 0 aliphatic carbocycles. The Morgan fingerprint density at radius 2 is 1.63 bits per heavy atom. The molecule has 8 aliphatic heterocycles. The number of piperidine rings is 3. The summed E-state index contributed by atoms with van der Waals surface area (Å²) in [5, 5.41) is 7.32. The predicted molar refractivity (Wildman–Crippen MR) is 291 cm³/mol. The van der Waals surface area contributed by atoms with Gasteiger partial charge in [0.05, 0.1) is 27.6 Å². The van der Waals surface area contributed by atoms with Crippen LogP contribution < -0.4 is 25.0 Å². The Bertz CT molecular complexity index is 3530. The Morgan fingerprint density at radius 3 is 2.40 bits per heavy atom. The van der Waals surface area contributed by atoms with Crippen LogP contribution >= 0.6 is 0 Å². The van der Waals surface area contributed by atoms with Crippen LogP contribution in [0.1, 0.15) is 96.9 Å². The highest BCUT2D eigenvalue weighted by atomic mass is 19.1.